The largest absolute Gasteiger partial charge is 0.464 e. The molecule has 1 aromatic carbocycles. The van der Waals surface area contributed by atoms with Crippen molar-refractivity contribution in [2.45, 2.75) is 20.3 Å². The Morgan fingerprint density at radius 3 is 2.68 bits per heavy atom. The monoisotopic (exact) mass is 357 g/mol. The zero-order valence-corrected chi connectivity index (χ0v) is 15.1. The zero-order valence-electron chi connectivity index (χ0n) is 14.3. The topological polar surface area (TPSA) is 63.7 Å². The number of nitrogens with zero attached hydrogens (tertiary/aromatic N) is 1. The van der Waals surface area contributed by atoms with Crippen molar-refractivity contribution >= 4 is 39.6 Å². The average Bonchev–Trinajstić information content (AvgIpc) is 2.98. The summed E-state index contributed by atoms with van der Waals surface area (Å²) in [5.74, 6) is 1.90. The van der Waals surface area contributed by atoms with Crippen LogP contribution in [0.2, 0.25) is 0 Å². The Hall–Kier alpha value is -2.21. The van der Waals surface area contributed by atoms with Gasteiger partial charge in [0.25, 0.3) is 0 Å². The molecular formula is C19H19NO4S. The van der Waals surface area contributed by atoms with Crippen LogP contribution in [0.1, 0.15) is 16.7 Å². The third kappa shape index (κ3) is 2.84. The third-order valence-electron chi connectivity index (χ3n) is 4.87. The summed E-state index contributed by atoms with van der Waals surface area (Å²) in [5, 5.41) is 1.85. The van der Waals surface area contributed by atoms with Gasteiger partial charge in [0, 0.05) is 41.4 Å². The third-order valence-corrected chi connectivity index (χ3v) is 5.81. The fourth-order valence-electron chi connectivity index (χ4n) is 3.32. The number of hydrogen-bond acceptors (Lipinski definition) is 5. The normalized spacial score (nSPS) is 15.2. The van der Waals surface area contributed by atoms with Gasteiger partial charge in [0.2, 0.25) is 5.91 Å². The second-order valence-corrected chi connectivity index (χ2v) is 7.65. The molecule has 0 unspecified atom stereocenters. The summed E-state index contributed by atoms with van der Waals surface area (Å²) < 4.78 is 11.0. The number of rotatable bonds is 2. The molecule has 3 aromatic rings. The highest BCUT2D eigenvalue weighted by Crippen LogP contribution is 2.29. The minimum absolute atomic E-state index is 0.00406. The van der Waals surface area contributed by atoms with Crippen LogP contribution in [-0.4, -0.2) is 35.4 Å². The number of fused-ring (bicyclic) bond motifs is 2. The summed E-state index contributed by atoms with van der Waals surface area (Å²) in [7, 11) is 0. The van der Waals surface area contributed by atoms with Crippen molar-refractivity contribution < 1.29 is 13.6 Å². The van der Waals surface area contributed by atoms with E-state index in [0.717, 1.165) is 46.5 Å². The lowest BCUT2D eigenvalue weighted by molar-refractivity contribution is -0.130. The van der Waals surface area contributed by atoms with Gasteiger partial charge in [0.15, 0.2) is 0 Å². The number of thioether (sulfide) groups is 1. The number of furan rings is 1. The van der Waals surface area contributed by atoms with Crippen molar-refractivity contribution in [3.63, 3.8) is 0 Å². The number of benzene rings is 1. The van der Waals surface area contributed by atoms with Crippen LogP contribution in [0, 0.1) is 13.8 Å². The van der Waals surface area contributed by atoms with E-state index in [-0.39, 0.29) is 12.3 Å². The Labute approximate surface area is 149 Å². The van der Waals surface area contributed by atoms with Crippen LogP contribution in [0.3, 0.4) is 0 Å². The van der Waals surface area contributed by atoms with Gasteiger partial charge in [-0.1, -0.05) is 0 Å². The maximum Gasteiger partial charge on any atom is 0.340 e. The van der Waals surface area contributed by atoms with E-state index in [9.17, 15) is 9.59 Å². The SMILES string of the molecule is Cc1coc2cc3oc(=O)c(CC(=O)N4CCSCC4)c(C)c3cc12. The molecule has 25 heavy (non-hydrogen) atoms. The number of carbonyl (C=O) groups is 1. The van der Waals surface area contributed by atoms with E-state index in [1.54, 1.807) is 12.3 Å². The predicted molar refractivity (Wildman–Crippen MR) is 99.3 cm³/mol. The Balaban J connectivity index is 1.77. The van der Waals surface area contributed by atoms with Gasteiger partial charge in [-0.25, -0.2) is 4.79 Å². The Kier molecular flexibility index (Phi) is 4.07. The smallest absolute Gasteiger partial charge is 0.340 e. The molecule has 0 bridgehead atoms. The Bertz CT molecular complexity index is 1030. The highest BCUT2D eigenvalue weighted by atomic mass is 32.2. The van der Waals surface area contributed by atoms with Gasteiger partial charge in [-0.3, -0.25) is 4.79 Å². The first-order valence-corrected chi connectivity index (χ1v) is 9.49. The molecule has 3 heterocycles. The number of carbonyl (C=O) groups excluding carboxylic acids is 1. The zero-order chi connectivity index (χ0) is 17.6. The van der Waals surface area contributed by atoms with Gasteiger partial charge in [0.1, 0.15) is 11.2 Å². The molecule has 1 fully saturated rings. The summed E-state index contributed by atoms with van der Waals surface area (Å²) in [6.45, 7) is 5.35. The molecule has 1 aliphatic rings. The molecular weight excluding hydrogens is 338 g/mol. The van der Waals surface area contributed by atoms with Crippen LogP contribution >= 0.6 is 11.8 Å². The van der Waals surface area contributed by atoms with E-state index in [0.29, 0.717) is 16.7 Å². The first kappa shape index (κ1) is 16.3. The molecule has 0 atom stereocenters. The molecule has 130 valence electrons. The van der Waals surface area contributed by atoms with Gasteiger partial charge in [-0.05, 0) is 31.0 Å². The first-order valence-electron chi connectivity index (χ1n) is 8.34. The summed E-state index contributed by atoms with van der Waals surface area (Å²) >= 11 is 1.85. The van der Waals surface area contributed by atoms with Crippen LogP contribution in [0.15, 0.2) is 32.0 Å². The Morgan fingerprint density at radius 2 is 1.92 bits per heavy atom. The average molecular weight is 357 g/mol. The molecule has 6 heteroatoms. The van der Waals surface area contributed by atoms with E-state index >= 15 is 0 Å². The second-order valence-electron chi connectivity index (χ2n) is 6.43. The van der Waals surface area contributed by atoms with Crippen LogP contribution in [0.5, 0.6) is 0 Å². The lowest BCUT2D eigenvalue weighted by atomic mass is 10.0. The van der Waals surface area contributed by atoms with Crippen molar-refractivity contribution in [2.75, 3.05) is 24.6 Å². The minimum Gasteiger partial charge on any atom is -0.464 e. The summed E-state index contributed by atoms with van der Waals surface area (Å²) in [6, 6.07) is 3.73. The number of hydrogen-bond donors (Lipinski definition) is 0. The summed E-state index contributed by atoms with van der Waals surface area (Å²) in [6.07, 6.45) is 1.78. The molecule has 0 saturated carbocycles. The highest BCUT2D eigenvalue weighted by Gasteiger charge is 2.21. The van der Waals surface area contributed by atoms with Crippen LogP contribution < -0.4 is 5.63 Å². The van der Waals surface area contributed by atoms with E-state index in [1.165, 1.54) is 0 Å². The van der Waals surface area contributed by atoms with Crippen molar-refractivity contribution in [3.8, 4) is 0 Å². The van der Waals surface area contributed by atoms with Crippen LogP contribution in [0.25, 0.3) is 21.9 Å². The predicted octanol–water partition coefficient (Wildman–Crippen LogP) is 3.27. The molecule has 0 N–H and O–H groups in total. The van der Waals surface area contributed by atoms with Crippen LogP contribution in [0.4, 0.5) is 0 Å². The van der Waals surface area contributed by atoms with Gasteiger partial charge >= 0.3 is 5.63 Å². The standard InChI is InChI=1S/C19H19NO4S/c1-11-10-23-16-9-17-14(7-13(11)16)12(2)15(19(22)24-17)8-18(21)20-3-5-25-6-4-20/h7,9-10H,3-6,8H2,1-2H3. The van der Waals surface area contributed by atoms with Crippen molar-refractivity contribution in [1.82, 2.24) is 4.90 Å². The quantitative estimate of drug-likeness (QED) is 0.659. The lowest BCUT2D eigenvalue weighted by Crippen LogP contribution is -2.39. The molecule has 0 aliphatic carbocycles. The van der Waals surface area contributed by atoms with E-state index in [1.807, 2.05) is 36.6 Å². The molecule has 0 spiro atoms. The fourth-order valence-corrected chi connectivity index (χ4v) is 4.22. The molecule has 0 radical (unpaired) electrons. The molecule has 2 aromatic heterocycles. The van der Waals surface area contributed by atoms with Gasteiger partial charge in [-0.15, -0.1) is 0 Å². The molecule has 5 nitrogen and oxygen atoms in total. The maximum atomic E-state index is 12.6. The number of aryl methyl sites for hydroxylation is 2. The van der Waals surface area contributed by atoms with Gasteiger partial charge in [-0.2, -0.15) is 11.8 Å². The molecule has 1 aliphatic heterocycles. The van der Waals surface area contributed by atoms with Crippen molar-refractivity contribution in [3.05, 3.63) is 45.5 Å². The van der Waals surface area contributed by atoms with Crippen molar-refractivity contribution in [1.29, 1.82) is 0 Å². The number of amides is 1. The maximum absolute atomic E-state index is 12.6. The molecule has 4 rings (SSSR count). The van der Waals surface area contributed by atoms with Gasteiger partial charge in [0.05, 0.1) is 18.2 Å². The van der Waals surface area contributed by atoms with Gasteiger partial charge < -0.3 is 13.7 Å². The first-order chi connectivity index (χ1) is 12.0. The molecule has 1 amide bonds. The van der Waals surface area contributed by atoms with E-state index in [2.05, 4.69) is 0 Å². The Morgan fingerprint density at radius 1 is 1.16 bits per heavy atom. The minimum atomic E-state index is -0.438. The molecule has 1 saturated heterocycles. The second kappa shape index (κ2) is 6.26. The van der Waals surface area contributed by atoms with E-state index < -0.39 is 5.63 Å². The fraction of sp³-hybridized carbons (Fsp3) is 0.368. The summed E-state index contributed by atoms with van der Waals surface area (Å²) in [4.78, 5) is 26.8. The summed E-state index contributed by atoms with van der Waals surface area (Å²) in [5.41, 5.74) is 3.06. The lowest BCUT2D eigenvalue weighted by Gasteiger charge is -2.26. The highest BCUT2D eigenvalue weighted by molar-refractivity contribution is 7.99. The van der Waals surface area contributed by atoms with E-state index in [4.69, 9.17) is 8.83 Å². The van der Waals surface area contributed by atoms with Crippen LogP contribution in [-0.2, 0) is 11.2 Å². The van der Waals surface area contributed by atoms with Crippen molar-refractivity contribution in [2.24, 2.45) is 0 Å².